The Morgan fingerprint density at radius 2 is 2.05 bits per heavy atom. The number of pyridine rings is 1. The highest BCUT2D eigenvalue weighted by Crippen LogP contribution is 2.20. The van der Waals surface area contributed by atoms with Gasteiger partial charge in [-0.2, -0.15) is 0 Å². The SMILES string of the molecule is Cc1cccc2c(C(=O)O)nc(COc3ccccc3F)n12. The van der Waals surface area contributed by atoms with Crippen LogP contribution in [0.2, 0.25) is 0 Å². The molecule has 0 bridgehead atoms. The number of rotatable bonds is 4. The van der Waals surface area contributed by atoms with Gasteiger partial charge in [-0.1, -0.05) is 18.2 Å². The zero-order valence-corrected chi connectivity index (χ0v) is 11.8. The van der Waals surface area contributed by atoms with Crippen molar-refractivity contribution in [3.05, 3.63) is 65.5 Å². The Kier molecular flexibility index (Phi) is 3.50. The molecule has 5 nitrogen and oxygen atoms in total. The summed E-state index contributed by atoms with van der Waals surface area (Å²) in [5.41, 5.74) is 1.26. The van der Waals surface area contributed by atoms with Gasteiger partial charge in [-0.3, -0.25) is 4.40 Å². The van der Waals surface area contributed by atoms with Crippen molar-refractivity contribution in [1.29, 1.82) is 0 Å². The number of fused-ring (bicyclic) bond motifs is 1. The van der Waals surface area contributed by atoms with Crippen molar-refractivity contribution in [2.45, 2.75) is 13.5 Å². The van der Waals surface area contributed by atoms with Crippen LogP contribution in [0.1, 0.15) is 22.0 Å². The van der Waals surface area contributed by atoms with Gasteiger partial charge in [-0.05, 0) is 31.2 Å². The van der Waals surface area contributed by atoms with Crippen LogP contribution in [0.5, 0.6) is 5.75 Å². The second-order valence-corrected chi connectivity index (χ2v) is 4.79. The second kappa shape index (κ2) is 5.48. The molecule has 3 aromatic rings. The number of aromatic carboxylic acids is 1. The average Bonchev–Trinajstić information content (AvgIpc) is 2.87. The van der Waals surface area contributed by atoms with Crippen molar-refractivity contribution in [1.82, 2.24) is 9.38 Å². The Balaban J connectivity index is 2.00. The first-order valence-electron chi connectivity index (χ1n) is 6.65. The lowest BCUT2D eigenvalue weighted by Crippen LogP contribution is -2.04. The molecule has 0 saturated heterocycles. The summed E-state index contributed by atoms with van der Waals surface area (Å²) < 4.78 is 20.7. The largest absolute Gasteiger partial charge is 0.483 e. The van der Waals surface area contributed by atoms with Gasteiger partial charge in [0, 0.05) is 5.69 Å². The van der Waals surface area contributed by atoms with Gasteiger partial charge in [0.25, 0.3) is 0 Å². The zero-order chi connectivity index (χ0) is 15.7. The molecule has 0 atom stereocenters. The van der Waals surface area contributed by atoms with E-state index < -0.39 is 11.8 Å². The normalized spacial score (nSPS) is 10.8. The molecule has 0 aliphatic heterocycles. The molecule has 0 fully saturated rings. The summed E-state index contributed by atoms with van der Waals surface area (Å²) in [4.78, 5) is 15.4. The molecular weight excluding hydrogens is 287 g/mol. The summed E-state index contributed by atoms with van der Waals surface area (Å²) in [6.45, 7) is 1.81. The number of aryl methyl sites for hydroxylation is 1. The van der Waals surface area contributed by atoms with E-state index >= 15 is 0 Å². The van der Waals surface area contributed by atoms with Crippen LogP contribution in [0.3, 0.4) is 0 Å². The Bertz CT molecular complexity index is 858. The van der Waals surface area contributed by atoms with Gasteiger partial charge in [0.1, 0.15) is 6.61 Å². The van der Waals surface area contributed by atoms with E-state index in [4.69, 9.17) is 4.74 Å². The lowest BCUT2D eigenvalue weighted by molar-refractivity contribution is 0.0693. The molecule has 0 aliphatic rings. The fourth-order valence-corrected chi connectivity index (χ4v) is 2.34. The highest BCUT2D eigenvalue weighted by molar-refractivity contribution is 5.93. The van der Waals surface area contributed by atoms with Crippen LogP contribution in [0, 0.1) is 12.7 Å². The van der Waals surface area contributed by atoms with Crippen molar-refractivity contribution < 1.29 is 19.0 Å². The van der Waals surface area contributed by atoms with E-state index in [0.717, 1.165) is 5.69 Å². The summed E-state index contributed by atoms with van der Waals surface area (Å²) in [5, 5.41) is 9.24. The van der Waals surface area contributed by atoms with Crippen LogP contribution in [0.4, 0.5) is 4.39 Å². The quantitative estimate of drug-likeness (QED) is 0.804. The number of halogens is 1. The predicted octanol–water partition coefficient (Wildman–Crippen LogP) is 3.06. The second-order valence-electron chi connectivity index (χ2n) is 4.79. The maximum atomic E-state index is 13.6. The van der Waals surface area contributed by atoms with Gasteiger partial charge in [-0.15, -0.1) is 0 Å². The number of carboxylic acid groups (broad SMARTS) is 1. The zero-order valence-electron chi connectivity index (χ0n) is 11.8. The van der Waals surface area contributed by atoms with Crippen molar-refractivity contribution in [2.24, 2.45) is 0 Å². The van der Waals surface area contributed by atoms with Crippen molar-refractivity contribution >= 4 is 11.5 Å². The molecule has 0 unspecified atom stereocenters. The Morgan fingerprint density at radius 1 is 1.27 bits per heavy atom. The third-order valence-electron chi connectivity index (χ3n) is 3.32. The third-order valence-corrected chi connectivity index (χ3v) is 3.32. The summed E-state index contributed by atoms with van der Waals surface area (Å²) in [6.07, 6.45) is 0. The molecule has 0 saturated carbocycles. The highest BCUT2D eigenvalue weighted by Gasteiger charge is 2.18. The van der Waals surface area contributed by atoms with E-state index in [9.17, 15) is 14.3 Å². The first-order valence-corrected chi connectivity index (χ1v) is 6.65. The summed E-state index contributed by atoms with van der Waals surface area (Å²) >= 11 is 0. The van der Waals surface area contributed by atoms with Gasteiger partial charge in [0.05, 0.1) is 5.52 Å². The molecule has 0 aliphatic carbocycles. The van der Waals surface area contributed by atoms with Crippen molar-refractivity contribution in [3.63, 3.8) is 0 Å². The minimum atomic E-state index is -1.11. The van der Waals surface area contributed by atoms with E-state index in [1.54, 1.807) is 28.7 Å². The predicted molar refractivity (Wildman–Crippen MR) is 77.6 cm³/mol. The number of hydrogen-bond donors (Lipinski definition) is 1. The molecule has 2 aromatic heterocycles. The molecular formula is C16H13FN2O3. The number of benzene rings is 1. The maximum absolute atomic E-state index is 13.6. The average molecular weight is 300 g/mol. The van der Waals surface area contributed by atoms with Gasteiger partial charge in [0.15, 0.2) is 23.1 Å². The van der Waals surface area contributed by atoms with Crippen LogP contribution in [-0.2, 0) is 6.61 Å². The molecule has 0 radical (unpaired) electrons. The smallest absolute Gasteiger partial charge is 0.356 e. The van der Waals surface area contributed by atoms with Crippen LogP contribution < -0.4 is 4.74 Å². The van der Waals surface area contributed by atoms with Gasteiger partial charge in [0.2, 0.25) is 0 Å². The minimum absolute atomic E-state index is 0.0275. The summed E-state index contributed by atoms with van der Waals surface area (Å²) in [7, 11) is 0. The number of aromatic nitrogens is 2. The molecule has 3 rings (SSSR count). The van der Waals surface area contributed by atoms with Crippen molar-refractivity contribution in [2.75, 3.05) is 0 Å². The number of carbonyl (C=O) groups is 1. The molecule has 1 aromatic carbocycles. The van der Waals surface area contributed by atoms with Gasteiger partial charge >= 0.3 is 5.97 Å². The number of ether oxygens (including phenoxy) is 1. The van der Waals surface area contributed by atoms with E-state index in [1.807, 2.05) is 13.0 Å². The molecule has 0 amide bonds. The number of para-hydroxylation sites is 1. The Hall–Kier alpha value is -2.89. The summed E-state index contributed by atoms with van der Waals surface area (Å²) in [6, 6.07) is 11.3. The topological polar surface area (TPSA) is 63.8 Å². The minimum Gasteiger partial charge on any atom is -0.483 e. The lowest BCUT2D eigenvalue weighted by atomic mass is 10.3. The Labute approximate surface area is 125 Å². The van der Waals surface area contributed by atoms with Crippen molar-refractivity contribution in [3.8, 4) is 5.75 Å². The van der Waals surface area contributed by atoms with Gasteiger partial charge < -0.3 is 9.84 Å². The van der Waals surface area contributed by atoms with Crippen LogP contribution in [-0.4, -0.2) is 20.5 Å². The molecule has 2 heterocycles. The highest BCUT2D eigenvalue weighted by atomic mass is 19.1. The van der Waals surface area contributed by atoms with E-state index in [1.165, 1.54) is 12.1 Å². The molecule has 6 heteroatoms. The fraction of sp³-hybridized carbons (Fsp3) is 0.125. The number of hydrogen-bond acceptors (Lipinski definition) is 3. The fourth-order valence-electron chi connectivity index (χ4n) is 2.34. The van der Waals surface area contributed by atoms with E-state index in [-0.39, 0.29) is 18.1 Å². The van der Waals surface area contributed by atoms with Crippen LogP contribution >= 0.6 is 0 Å². The Morgan fingerprint density at radius 3 is 2.77 bits per heavy atom. The monoisotopic (exact) mass is 300 g/mol. The lowest BCUT2D eigenvalue weighted by Gasteiger charge is -2.08. The molecule has 0 spiro atoms. The van der Waals surface area contributed by atoms with E-state index in [0.29, 0.717) is 11.3 Å². The van der Waals surface area contributed by atoms with E-state index in [2.05, 4.69) is 4.98 Å². The number of carboxylic acids is 1. The molecule has 112 valence electrons. The first-order chi connectivity index (χ1) is 10.6. The van der Waals surface area contributed by atoms with Crippen LogP contribution in [0.15, 0.2) is 42.5 Å². The summed E-state index contributed by atoms with van der Waals surface area (Å²) in [5.74, 6) is -1.07. The number of imidazole rings is 1. The number of nitrogens with zero attached hydrogens (tertiary/aromatic N) is 2. The molecule has 1 N–H and O–H groups in total. The van der Waals surface area contributed by atoms with Crippen LogP contribution in [0.25, 0.3) is 5.52 Å². The molecule has 22 heavy (non-hydrogen) atoms. The first kappa shape index (κ1) is 14.1. The maximum Gasteiger partial charge on any atom is 0.356 e. The van der Waals surface area contributed by atoms with Gasteiger partial charge in [-0.25, -0.2) is 14.2 Å². The standard InChI is InChI=1S/C16H13FN2O3/c1-10-5-4-7-12-15(16(20)21)18-14(19(10)12)9-22-13-8-3-2-6-11(13)17/h2-8H,9H2,1H3,(H,20,21). The third kappa shape index (κ3) is 2.39.